The van der Waals surface area contributed by atoms with Crippen molar-refractivity contribution in [3.8, 4) is 0 Å². The molecule has 2 amide bonds. The van der Waals surface area contributed by atoms with Crippen molar-refractivity contribution < 1.29 is 23.5 Å². The van der Waals surface area contributed by atoms with Gasteiger partial charge in [0.2, 0.25) is 5.91 Å². The van der Waals surface area contributed by atoms with Crippen LogP contribution in [0.2, 0.25) is 0 Å². The minimum Gasteiger partial charge on any atom is -0.390 e. The molecule has 1 aromatic rings. The average molecular weight is 394 g/mol. The van der Waals surface area contributed by atoms with Gasteiger partial charge in [-0.05, 0) is 50.8 Å². The molecular weight excluding hydrogens is 366 g/mol. The Labute approximate surface area is 164 Å². The van der Waals surface area contributed by atoms with Gasteiger partial charge in [0.15, 0.2) is 11.6 Å². The van der Waals surface area contributed by atoms with E-state index in [0.29, 0.717) is 19.5 Å². The predicted octanol–water partition coefficient (Wildman–Crippen LogP) is 3.11. The third-order valence-corrected chi connectivity index (χ3v) is 5.80. The topological polar surface area (TPSA) is 60.9 Å². The lowest BCUT2D eigenvalue weighted by atomic mass is 9.89. The maximum absolute atomic E-state index is 13.6. The van der Waals surface area contributed by atoms with Crippen LogP contribution in [0.3, 0.4) is 0 Å². The number of amides is 2. The zero-order valence-electron chi connectivity index (χ0n) is 16.5. The minimum atomic E-state index is -1.04. The molecule has 2 bridgehead atoms. The number of carbonyl (C=O) groups is 2. The van der Waals surface area contributed by atoms with E-state index in [1.165, 1.54) is 6.07 Å². The van der Waals surface area contributed by atoms with Gasteiger partial charge in [0.05, 0.1) is 12.0 Å². The minimum absolute atomic E-state index is 0.0669. The van der Waals surface area contributed by atoms with Crippen LogP contribution in [0, 0.1) is 11.6 Å². The third-order valence-electron chi connectivity index (χ3n) is 5.80. The van der Waals surface area contributed by atoms with Crippen molar-refractivity contribution in [2.75, 3.05) is 13.1 Å². The highest BCUT2D eigenvalue weighted by Gasteiger charge is 2.42. The number of piperazine rings is 1. The molecule has 0 aliphatic carbocycles. The molecule has 3 rings (SSSR count). The summed E-state index contributed by atoms with van der Waals surface area (Å²) < 4.78 is 26.8. The number of carbonyl (C=O) groups excluding carboxylic acids is 2. The van der Waals surface area contributed by atoms with Crippen molar-refractivity contribution in [1.82, 2.24) is 9.80 Å². The van der Waals surface area contributed by atoms with Gasteiger partial charge in [-0.1, -0.05) is 13.3 Å². The molecule has 2 aliphatic rings. The van der Waals surface area contributed by atoms with Crippen LogP contribution in [-0.4, -0.2) is 57.5 Å². The van der Waals surface area contributed by atoms with Gasteiger partial charge < -0.3 is 14.9 Å². The van der Waals surface area contributed by atoms with Gasteiger partial charge in [-0.15, -0.1) is 0 Å². The van der Waals surface area contributed by atoms with Crippen molar-refractivity contribution in [3.05, 3.63) is 35.4 Å². The Balaban J connectivity index is 1.73. The maximum atomic E-state index is 13.6. The monoisotopic (exact) mass is 394 g/mol. The molecule has 3 atom stereocenters. The molecule has 2 heterocycles. The lowest BCUT2D eigenvalue weighted by Gasteiger charge is -2.50. The van der Waals surface area contributed by atoms with Crippen LogP contribution in [0.15, 0.2) is 18.2 Å². The second kappa shape index (κ2) is 8.15. The van der Waals surface area contributed by atoms with E-state index in [1.807, 2.05) is 6.92 Å². The highest BCUT2D eigenvalue weighted by Crippen LogP contribution is 2.31. The molecule has 0 radical (unpaired) electrons. The Morgan fingerprint density at radius 3 is 2.39 bits per heavy atom. The van der Waals surface area contributed by atoms with Crippen LogP contribution in [0.1, 0.15) is 62.7 Å². The normalized spacial score (nSPS) is 24.0. The number of hydrogen-bond acceptors (Lipinski definition) is 3. The Hall–Kier alpha value is -2.02. The Morgan fingerprint density at radius 2 is 1.82 bits per heavy atom. The Kier molecular flexibility index (Phi) is 6.03. The van der Waals surface area contributed by atoms with Crippen LogP contribution in [0.25, 0.3) is 0 Å². The summed E-state index contributed by atoms with van der Waals surface area (Å²) in [5.74, 6) is -2.44. The molecular formula is C21H28F2N2O3. The molecule has 1 aromatic carbocycles. The van der Waals surface area contributed by atoms with Crippen LogP contribution in [0.5, 0.6) is 0 Å². The van der Waals surface area contributed by atoms with Gasteiger partial charge in [0, 0.05) is 30.7 Å². The summed E-state index contributed by atoms with van der Waals surface area (Å²) in [6.07, 6.45) is 3.91. The van der Waals surface area contributed by atoms with E-state index in [2.05, 4.69) is 0 Å². The molecule has 0 spiro atoms. The van der Waals surface area contributed by atoms with E-state index < -0.39 is 17.2 Å². The van der Waals surface area contributed by atoms with Gasteiger partial charge in [-0.2, -0.15) is 0 Å². The number of piperidine rings is 1. The van der Waals surface area contributed by atoms with Crippen molar-refractivity contribution in [2.45, 2.75) is 70.1 Å². The van der Waals surface area contributed by atoms with E-state index in [-0.39, 0.29) is 35.9 Å². The number of benzene rings is 1. The van der Waals surface area contributed by atoms with Crippen LogP contribution in [0.4, 0.5) is 8.78 Å². The van der Waals surface area contributed by atoms with Crippen LogP contribution in [-0.2, 0) is 4.79 Å². The number of hydrogen-bond donors (Lipinski definition) is 1. The summed E-state index contributed by atoms with van der Waals surface area (Å²) in [6, 6.07) is 2.91. The van der Waals surface area contributed by atoms with E-state index in [9.17, 15) is 23.5 Å². The van der Waals surface area contributed by atoms with Gasteiger partial charge in [-0.3, -0.25) is 9.59 Å². The van der Waals surface area contributed by atoms with Crippen molar-refractivity contribution >= 4 is 11.8 Å². The zero-order valence-corrected chi connectivity index (χ0v) is 16.5. The summed E-state index contributed by atoms with van der Waals surface area (Å²) in [7, 11) is 0. The summed E-state index contributed by atoms with van der Waals surface area (Å²) in [5.41, 5.74) is -0.902. The van der Waals surface area contributed by atoms with Gasteiger partial charge in [0.1, 0.15) is 0 Å². The summed E-state index contributed by atoms with van der Waals surface area (Å²) in [4.78, 5) is 29.2. The number of fused-ring (bicyclic) bond motifs is 2. The lowest BCUT2D eigenvalue weighted by molar-refractivity contribution is -0.141. The quantitative estimate of drug-likeness (QED) is 0.835. The highest BCUT2D eigenvalue weighted by atomic mass is 19.2. The van der Waals surface area contributed by atoms with Gasteiger partial charge in [-0.25, -0.2) is 8.78 Å². The molecule has 2 saturated heterocycles. The first kappa shape index (κ1) is 20.7. The molecule has 2 fully saturated rings. The maximum Gasteiger partial charge on any atom is 0.254 e. The molecule has 0 aromatic heterocycles. The van der Waals surface area contributed by atoms with Crippen LogP contribution < -0.4 is 0 Å². The standard InChI is InChI=1S/C21H28F2N2O3/c1-3-9-21(2,28)11-19(26)24-12-15-5-4-6-16(13-24)25(15)20(27)14-7-8-17(22)18(23)10-14/h7-8,10,15-16,28H,3-6,9,11-13H2,1-2H3. The van der Waals surface area contributed by atoms with Crippen molar-refractivity contribution in [1.29, 1.82) is 0 Å². The van der Waals surface area contributed by atoms with E-state index >= 15 is 0 Å². The van der Waals surface area contributed by atoms with Gasteiger partial charge >= 0.3 is 0 Å². The second-order valence-electron chi connectivity index (χ2n) is 8.30. The summed E-state index contributed by atoms with van der Waals surface area (Å²) >= 11 is 0. The third kappa shape index (κ3) is 4.35. The second-order valence-corrected chi connectivity index (χ2v) is 8.30. The molecule has 154 valence electrons. The molecule has 2 aliphatic heterocycles. The fourth-order valence-corrected chi connectivity index (χ4v) is 4.49. The van der Waals surface area contributed by atoms with Crippen molar-refractivity contribution in [2.24, 2.45) is 0 Å². The molecule has 7 heteroatoms. The molecule has 5 nitrogen and oxygen atoms in total. The summed E-state index contributed by atoms with van der Waals surface area (Å²) in [5, 5.41) is 10.4. The smallest absolute Gasteiger partial charge is 0.254 e. The highest BCUT2D eigenvalue weighted by molar-refractivity contribution is 5.95. The zero-order chi connectivity index (χ0) is 20.5. The molecule has 3 unspecified atom stereocenters. The number of aliphatic hydroxyl groups is 1. The van der Waals surface area contributed by atoms with Crippen LogP contribution >= 0.6 is 0 Å². The first-order valence-corrected chi connectivity index (χ1v) is 9.99. The van der Waals surface area contributed by atoms with E-state index in [4.69, 9.17) is 0 Å². The van der Waals surface area contributed by atoms with E-state index in [1.54, 1.807) is 16.7 Å². The predicted molar refractivity (Wildman–Crippen MR) is 101 cm³/mol. The molecule has 1 N–H and O–H groups in total. The summed E-state index contributed by atoms with van der Waals surface area (Å²) in [6.45, 7) is 4.46. The molecule has 28 heavy (non-hydrogen) atoms. The SMILES string of the molecule is CCCC(C)(O)CC(=O)N1CC2CCCC(C1)N2C(=O)c1ccc(F)c(F)c1. The average Bonchev–Trinajstić information content (AvgIpc) is 2.61. The van der Waals surface area contributed by atoms with Crippen molar-refractivity contribution in [3.63, 3.8) is 0 Å². The number of likely N-dealkylation sites (tertiary alicyclic amines) is 1. The number of rotatable bonds is 5. The Bertz CT molecular complexity index is 739. The van der Waals surface area contributed by atoms with Gasteiger partial charge in [0.25, 0.3) is 5.91 Å². The first-order valence-electron chi connectivity index (χ1n) is 9.99. The first-order chi connectivity index (χ1) is 13.2. The lowest BCUT2D eigenvalue weighted by Crippen LogP contribution is -2.63. The van der Waals surface area contributed by atoms with E-state index in [0.717, 1.165) is 37.8 Å². The fraction of sp³-hybridized carbons (Fsp3) is 0.619. The molecule has 0 saturated carbocycles. The fourth-order valence-electron chi connectivity index (χ4n) is 4.49. The number of nitrogens with zero attached hydrogens (tertiary/aromatic N) is 2. The number of halogens is 2. The Morgan fingerprint density at radius 1 is 1.18 bits per heavy atom. The largest absolute Gasteiger partial charge is 0.390 e.